The normalized spacial score (nSPS) is 17.5. The predicted molar refractivity (Wildman–Crippen MR) is 97.4 cm³/mol. The maximum Gasteiger partial charge on any atom is 0.262 e. The topological polar surface area (TPSA) is 58.9 Å². The molecule has 4 nitrogen and oxygen atoms in total. The van der Waals surface area contributed by atoms with Gasteiger partial charge < -0.3 is 0 Å². The number of Topliss-reactive ketones (excluding diaryl/α,β-unsaturated/α-hetero) is 1. The van der Waals surface area contributed by atoms with Crippen molar-refractivity contribution in [1.29, 1.82) is 0 Å². The van der Waals surface area contributed by atoms with Gasteiger partial charge in [0.2, 0.25) is 0 Å². The van der Waals surface area contributed by atoms with Crippen molar-refractivity contribution in [2.45, 2.75) is 13.0 Å². The van der Waals surface area contributed by atoms with Crippen LogP contribution in [0.4, 0.5) is 0 Å². The summed E-state index contributed by atoms with van der Waals surface area (Å²) in [5.41, 5.74) is 2.28. The summed E-state index contributed by atoms with van der Waals surface area (Å²) >= 11 is 3.37. The lowest BCUT2D eigenvalue weighted by atomic mass is 10.00. The largest absolute Gasteiger partial charge is 0.291 e. The molecule has 1 aliphatic rings. The van der Waals surface area contributed by atoms with E-state index in [1.54, 1.807) is 0 Å². The third kappa shape index (κ3) is 3.92. The van der Waals surface area contributed by atoms with Gasteiger partial charge in [0.25, 0.3) is 5.91 Å². The smallest absolute Gasteiger partial charge is 0.262 e. The molecule has 0 bridgehead atoms. The summed E-state index contributed by atoms with van der Waals surface area (Å²) in [6.45, 7) is 0.444. The number of halogens is 1. The van der Waals surface area contributed by atoms with E-state index in [0.717, 1.165) is 15.6 Å². The van der Waals surface area contributed by atoms with Crippen molar-refractivity contribution in [2.24, 2.45) is 15.9 Å². The standard InChI is InChI=1S/C19H15BrN2O2/c20-15-8-6-13(7-9-15)10-17-18(23)16(19(24)22-17)12-21-11-14-4-2-1-3-5-14/h1-9,12,16H,10-11H2. The molecule has 120 valence electrons. The lowest BCUT2D eigenvalue weighted by Crippen LogP contribution is -2.23. The highest BCUT2D eigenvalue weighted by Gasteiger charge is 2.35. The Balaban J connectivity index is 1.64. The van der Waals surface area contributed by atoms with Crippen LogP contribution in [0.3, 0.4) is 0 Å². The fourth-order valence-electron chi connectivity index (χ4n) is 2.45. The van der Waals surface area contributed by atoms with E-state index in [-0.39, 0.29) is 5.78 Å². The number of ketones is 1. The minimum absolute atomic E-state index is 0.250. The van der Waals surface area contributed by atoms with Gasteiger partial charge >= 0.3 is 0 Å². The van der Waals surface area contributed by atoms with Crippen molar-refractivity contribution in [2.75, 3.05) is 0 Å². The Hall–Kier alpha value is -2.40. The van der Waals surface area contributed by atoms with Gasteiger partial charge in [0.05, 0.1) is 12.3 Å². The van der Waals surface area contributed by atoms with Crippen LogP contribution in [0, 0.1) is 5.92 Å². The van der Waals surface area contributed by atoms with Gasteiger partial charge in [-0.25, -0.2) is 4.99 Å². The van der Waals surface area contributed by atoms with Gasteiger partial charge in [0, 0.05) is 17.1 Å². The third-order valence-electron chi connectivity index (χ3n) is 3.73. The number of carbonyl (C=O) groups is 2. The average Bonchev–Trinajstić information content (AvgIpc) is 2.85. The monoisotopic (exact) mass is 382 g/mol. The van der Waals surface area contributed by atoms with E-state index in [1.807, 2.05) is 54.6 Å². The molecule has 1 heterocycles. The molecule has 0 saturated carbocycles. The fourth-order valence-corrected chi connectivity index (χ4v) is 2.71. The zero-order chi connectivity index (χ0) is 16.9. The molecule has 1 unspecified atom stereocenters. The Kier molecular flexibility index (Phi) is 5.11. The van der Waals surface area contributed by atoms with E-state index in [1.165, 1.54) is 6.21 Å². The Bertz CT molecular complexity index is 811. The van der Waals surface area contributed by atoms with E-state index < -0.39 is 11.8 Å². The van der Waals surface area contributed by atoms with Crippen LogP contribution in [0.1, 0.15) is 11.1 Å². The molecule has 0 saturated heterocycles. The zero-order valence-electron chi connectivity index (χ0n) is 12.9. The van der Waals surface area contributed by atoms with Gasteiger partial charge in [-0.05, 0) is 23.3 Å². The summed E-state index contributed by atoms with van der Waals surface area (Å²) in [6.07, 6.45) is 1.79. The first-order chi connectivity index (χ1) is 11.6. The van der Waals surface area contributed by atoms with E-state index in [9.17, 15) is 9.59 Å². The van der Waals surface area contributed by atoms with E-state index >= 15 is 0 Å². The highest BCUT2D eigenvalue weighted by molar-refractivity contribution is 9.10. The first-order valence-electron chi connectivity index (χ1n) is 7.57. The SMILES string of the molecule is O=C1N=C(Cc2ccc(Br)cc2)C(=O)C1C=NCc1ccccc1. The second kappa shape index (κ2) is 7.45. The maximum absolute atomic E-state index is 12.4. The minimum Gasteiger partial charge on any atom is -0.291 e. The van der Waals surface area contributed by atoms with Gasteiger partial charge in [-0.2, -0.15) is 0 Å². The van der Waals surface area contributed by atoms with Crippen molar-refractivity contribution >= 4 is 39.5 Å². The highest BCUT2D eigenvalue weighted by Crippen LogP contribution is 2.16. The summed E-state index contributed by atoms with van der Waals surface area (Å²) in [4.78, 5) is 32.5. The molecule has 1 amide bonds. The number of hydrogen-bond donors (Lipinski definition) is 0. The number of amides is 1. The van der Waals surface area contributed by atoms with Crippen molar-refractivity contribution in [3.63, 3.8) is 0 Å². The molecule has 0 aliphatic carbocycles. The van der Waals surface area contributed by atoms with Crippen LogP contribution in [0.2, 0.25) is 0 Å². The lowest BCUT2D eigenvalue weighted by molar-refractivity contribution is -0.123. The van der Waals surface area contributed by atoms with Crippen LogP contribution in [0.25, 0.3) is 0 Å². The third-order valence-corrected chi connectivity index (χ3v) is 4.26. The molecule has 0 aromatic heterocycles. The number of hydrogen-bond acceptors (Lipinski definition) is 3. The van der Waals surface area contributed by atoms with Crippen molar-refractivity contribution < 1.29 is 9.59 Å². The van der Waals surface area contributed by atoms with Crippen LogP contribution < -0.4 is 0 Å². The molecule has 3 rings (SSSR count). The number of carbonyl (C=O) groups excluding carboxylic acids is 2. The summed E-state index contributed by atoms with van der Waals surface area (Å²) in [6, 6.07) is 17.3. The second-order valence-corrected chi connectivity index (χ2v) is 6.43. The predicted octanol–water partition coefficient (Wildman–Crippen LogP) is 3.43. The van der Waals surface area contributed by atoms with Gasteiger partial charge in [-0.15, -0.1) is 0 Å². The zero-order valence-corrected chi connectivity index (χ0v) is 14.4. The van der Waals surface area contributed by atoms with Crippen molar-refractivity contribution in [1.82, 2.24) is 0 Å². The molecule has 24 heavy (non-hydrogen) atoms. The number of nitrogens with zero attached hydrogens (tertiary/aromatic N) is 2. The molecule has 1 aliphatic heterocycles. The van der Waals surface area contributed by atoms with Crippen LogP contribution in [-0.4, -0.2) is 23.6 Å². The summed E-state index contributed by atoms with van der Waals surface area (Å²) in [5, 5.41) is 0. The van der Waals surface area contributed by atoms with Crippen LogP contribution in [-0.2, 0) is 22.6 Å². The summed E-state index contributed by atoms with van der Waals surface area (Å²) in [7, 11) is 0. The Morgan fingerprint density at radius 2 is 1.71 bits per heavy atom. The number of aliphatic imine (C=N–C) groups is 2. The average molecular weight is 383 g/mol. The molecule has 5 heteroatoms. The fraction of sp³-hybridized carbons (Fsp3) is 0.158. The molecule has 0 fully saturated rings. The first-order valence-corrected chi connectivity index (χ1v) is 8.37. The first kappa shape index (κ1) is 16.5. The van der Waals surface area contributed by atoms with Gasteiger partial charge in [-0.1, -0.05) is 58.4 Å². The van der Waals surface area contributed by atoms with Crippen molar-refractivity contribution in [3.05, 3.63) is 70.2 Å². The minimum atomic E-state index is -0.876. The van der Waals surface area contributed by atoms with Gasteiger partial charge in [-0.3, -0.25) is 14.6 Å². The molecule has 0 N–H and O–H groups in total. The second-order valence-electron chi connectivity index (χ2n) is 5.52. The van der Waals surface area contributed by atoms with Gasteiger partial charge in [0.1, 0.15) is 5.92 Å². The molecule has 0 radical (unpaired) electrons. The Morgan fingerprint density at radius 1 is 1.00 bits per heavy atom. The number of rotatable bonds is 5. The van der Waals surface area contributed by atoms with E-state index in [2.05, 4.69) is 25.9 Å². The van der Waals surface area contributed by atoms with Crippen LogP contribution in [0.15, 0.2) is 69.1 Å². The highest BCUT2D eigenvalue weighted by atomic mass is 79.9. The molecular formula is C19H15BrN2O2. The van der Waals surface area contributed by atoms with E-state index in [4.69, 9.17) is 0 Å². The quantitative estimate of drug-likeness (QED) is 0.587. The molecular weight excluding hydrogens is 368 g/mol. The van der Waals surface area contributed by atoms with E-state index in [0.29, 0.717) is 18.7 Å². The van der Waals surface area contributed by atoms with Crippen LogP contribution >= 0.6 is 15.9 Å². The Morgan fingerprint density at radius 3 is 2.42 bits per heavy atom. The molecule has 0 spiro atoms. The molecule has 1 atom stereocenters. The number of benzene rings is 2. The Labute approximate surface area is 148 Å². The summed E-state index contributed by atoms with van der Waals surface area (Å²) < 4.78 is 0.966. The maximum atomic E-state index is 12.4. The van der Waals surface area contributed by atoms with Gasteiger partial charge in [0.15, 0.2) is 5.78 Å². The van der Waals surface area contributed by atoms with Crippen molar-refractivity contribution in [3.8, 4) is 0 Å². The van der Waals surface area contributed by atoms with Crippen LogP contribution in [0.5, 0.6) is 0 Å². The molecule has 2 aromatic carbocycles. The molecule has 2 aromatic rings. The lowest BCUT2D eigenvalue weighted by Gasteiger charge is -2.02. The summed E-state index contributed by atoms with van der Waals surface area (Å²) in [5.74, 6) is -1.55.